The van der Waals surface area contributed by atoms with Crippen LogP contribution in [-0.2, 0) is 16.0 Å². The number of ether oxygens (including phenoxy) is 2. The fraction of sp³-hybridized carbons (Fsp3) is 0.526. The number of carboxylic acid groups (broad SMARTS) is 1. The molecule has 256 valence electrons. The molecule has 2 aromatic carbocycles. The van der Waals surface area contributed by atoms with E-state index in [2.05, 4.69) is 43.1 Å². The van der Waals surface area contributed by atoms with Gasteiger partial charge in [0.05, 0.1) is 17.9 Å². The van der Waals surface area contributed by atoms with Gasteiger partial charge < -0.3 is 29.7 Å². The highest BCUT2D eigenvalue weighted by Gasteiger charge is 2.37. The summed E-state index contributed by atoms with van der Waals surface area (Å²) in [6.07, 6.45) is 2.36. The first-order valence-electron chi connectivity index (χ1n) is 16.7. The van der Waals surface area contributed by atoms with E-state index in [9.17, 15) is 14.3 Å². The lowest BCUT2D eigenvalue weighted by atomic mass is 9.82. The third-order valence-electron chi connectivity index (χ3n) is 8.58. The van der Waals surface area contributed by atoms with Crippen molar-refractivity contribution in [2.45, 2.75) is 78.9 Å². The van der Waals surface area contributed by atoms with Gasteiger partial charge >= 0.3 is 5.97 Å². The number of hydrogen-bond donors (Lipinski definition) is 2. The second-order valence-corrected chi connectivity index (χ2v) is 14.6. The fourth-order valence-corrected chi connectivity index (χ4v) is 5.93. The van der Waals surface area contributed by atoms with Crippen molar-refractivity contribution in [1.82, 2.24) is 9.88 Å². The molecule has 0 unspecified atom stereocenters. The van der Waals surface area contributed by atoms with Crippen molar-refractivity contribution < 1.29 is 23.8 Å². The standard InChI is InChI=1S/C38H53FN4O4/c1-26-31(34(36(44)45)47-37(2,3)4)33(43-23-19-38(5,6)20-24-43)32(35(41-26)40-21-9-22-42(7)8)28-12-16-30(17-13-28)46-25-18-27-10-14-29(39)15-11-27/h10-17,34H,9,18-25H2,1-8H3,(H,40,41)(H,44,45)/t34-/m0/s1. The van der Waals surface area contributed by atoms with E-state index in [-0.39, 0.29) is 11.2 Å². The monoisotopic (exact) mass is 648 g/mol. The summed E-state index contributed by atoms with van der Waals surface area (Å²) in [5.74, 6) is 0.163. The Kier molecular flexibility index (Phi) is 11.9. The average Bonchev–Trinajstić information content (AvgIpc) is 2.99. The molecule has 0 saturated carbocycles. The molecule has 0 bridgehead atoms. The van der Waals surface area contributed by atoms with E-state index in [1.54, 1.807) is 12.1 Å². The minimum absolute atomic E-state index is 0.202. The maximum absolute atomic E-state index is 13.3. The van der Waals surface area contributed by atoms with Crippen molar-refractivity contribution in [3.63, 3.8) is 0 Å². The molecule has 1 atom stereocenters. The van der Waals surface area contributed by atoms with Gasteiger partial charge in [0, 0.05) is 42.9 Å². The molecule has 47 heavy (non-hydrogen) atoms. The Morgan fingerprint density at radius 3 is 2.30 bits per heavy atom. The van der Waals surface area contributed by atoms with Gasteiger partial charge in [-0.25, -0.2) is 14.2 Å². The van der Waals surface area contributed by atoms with Crippen LogP contribution >= 0.6 is 0 Å². The maximum atomic E-state index is 13.3. The lowest BCUT2D eigenvalue weighted by Crippen LogP contribution is -2.39. The first-order chi connectivity index (χ1) is 22.1. The van der Waals surface area contributed by atoms with Gasteiger partial charge in [0.2, 0.25) is 0 Å². The van der Waals surface area contributed by atoms with Crippen LogP contribution in [0.15, 0.2) is 48.5 Å². The highest BCUT2D eigenvalue weighted by molar-refractivity contribution is 5.92. The topological polar surface area (TPSA) is 87.2 Å². The van der Waals surface area contributed by atoms with E-state index in [0.717, 1.165) is 79.4 Å². The van der Waals surface area contributed by atoms with Crippen molar-refractivity contribution in [2.75, 3.05) is 57.1 Å². The maximum Gasteiger partial charge on any atom is 0.337 e. The zero-order valence-electron chi connectivity index (χ0n) is 29.5. The van der Waals surface area contributed by atoms with E-state index in [1.807, 2.05) is 52.0 Å². The predicted octanol–water partition coefficient (Wildman–Crippen LogP) is 7.75. The van der Waals surface area contributed by atoms with Gasteiger partial charge in [-0.05, 0) is 108 Å². The molecule has 0 radical (unpaired) electrons. The van der Waals surface area contributed by atoms with Crippen molar-refractivity contribution in [3.05, 3.63) is 71.2 Å². The van der Waals surface area contributed by atoms with Crippen molar-refractivity contribution >= 4 is 17.5 Å². The second-order valence-electron chi connectivity index (χ2n) is 14.6. The number of carboxylic acids is 1. The predicted molar refractivity (Wildman–Crippen MR) is 188 cm³/mol. The molecule has 4 rings (SSSR count). The molecule has 8 nitrogen and oxygen atoms in total. The third kappa shape index (κ3) is 10.1. The summed E-state index contributed by atoms with van der Waals surface area (Å²) >= 11 is 0. The Hall–Kier alpha value is -3.69. The molecule has 0 amide bonds. The number of aryl methyl sites for hydroxylation is 1. The van der Waals surface area contributed by atoms with E-state index in [1.165, 1.54) is 12.1 Å². The normalized spacial score (nSPS) is 15.5. The third-order valence-corrected chi connectivity index (χ3v) is 8.58. The summed E-state index contributed by atoms with van der Waals surface area (Å²) in [4.78, 5) is 22.4. The van der Waals surface area contributed by atoms with Gasteiger partial charge in [0.15, 0.2) is 6.10 Å². The molecule has 3 aromatic rings. The number of nitrogens with one attached hydrogen (secondary N) is 1. The summed E-state index contributed by atoms with van der Waals surface area (Å²) in [5, 5.41) is 14.2. The molecule has 1 aliphatic rings. The zero-order valence-corrected chi connectivity index (χ0v) is 29.5. The molecule has 1 saturated heterocycles. The Labute approximate surface area is 280 Å². The fourth-order valence-electron chi connectivity index (χ4n) is 5.93. The van der Waals surface area contributed by atoms with Gasteiger partial charge in [0.1, 0.15) is 17.4 Å². The first-order valence-corrected chi connectivity index (χ1v) is 16.7. The molecule has 0 aliphatic carbocycles. The zero-order chi connectivity index (χ0) is 34.4. The molecular formula is C38H53FN4O4. The molecule has 1 fully saturated rings. The van der Waals surface area contributed by atoms with Crippen LogP contribution in [0.25, 0.3) is 11.1 Å². The number of carbonyl (C=O) groups is 1. The smallest absolute Gasteiger partial charge is 0.337 e. The quantitative estimate of drug-likeness (QED) is 0.172. The number of piperidine rings is 1. The number of aliphatic carboxylic acids is 1. The highest BCUT2D eigenvalue weighted by Crippen LogP contribution is 2.46. The van der Waals surface area contributed by atoms with Crippen LogP contribution in [0, 0.1) is 18.2 Å². The number of anilines is 2. The number of halogens is 1. The summed E-state index contributed by atoms with van der Waals surface area (Å²) in [6.45, 7) is 15.8. The Bertz CT molecular complexity index is 1470. The van der Waals surface area contributed by atoms with E-state index < -0.39 is 17.7 Å². The minimum Gasteiger partial charge on any atom is -0.493 e. The van der Waals surface area contributed by atoms with Crippen LogP contribution in [0.3, 0.4) is 0 Å². The van der Waals surface area contributed by atoms with Crippen LogP contribution in [0.5, 0.6) is 5.75 Å². The first kappa shape index (κ1) is 36.2. The number of hydrogen-bond acceptors (Lipinski definition) is 7. The molecular weight excluding hydrogens is 595 g/mol. The molecule has 9 heteroatoms. The summed E-state index contributed by atoms with van der Waals surface area (Å²) < 4.78 is 25.6. The highest BCUT2D eigenvalue weighted by atomic mass is 19.1. The van der Waals surface area contributed by atoms with Crippen LogP contribution in [0.1, 0.15) is 76.8 Å². The van der Waals surface area contributed by atoms with Crippen LogP contribution in [-0.4, -0.2) is 73.4 Å². The summed E-state index contributed by atoms with van der Waals surface area (Å²) in [6, 6.07) is 14.4. The van der Waals surface area contributed by atoms with Crippen molar-refractivity contribution in [3.8, 4) is 16.9 Å². The van der Waals surface area contributed by atoms with Crippen molar-refractivity contribution in [2.24, 2.45) is 5.41 Å². The molecule has 1 aliphatic heterocycles. The largest absolute Gasteiger partial charge is 0.493 e. The number of pyridine rings is 1. The van der Waals surface area contributed by atoms with Gasteiger partial charge in [-0.15, -0.1) is 0 Å². The minimum atomic E-state index is -1.19. The Morgan fingerprint density at radius 2 is 1.72 bits per heavy atom. The Balaban J connectivity index is 1.79. The summed E-state index contributed by atoms with van der Waals surface area (Å²) in [7, 11) is 4.12. The second kappa shape index (κ2) is 15.5. The van der Waals surface area contributed by atoms with Crippen LogP contribution in [0.4, 0.5) is 15.9 Å². The number of aromatic nitrogens is 1. The van der Waals surface area contributed by atoms with E-state index >= 15 is 0 Å². The van der Waals surface area contributed by atoms with E-state index in [0.29, 0.717) is 24.3 Å². The molecule has 2 N–H and O–H groups in total. The Morgan fingerprint density at radius 1 is 1.09 bits per heavy atom. The van der Waals surface area contributed by atoms with Crippen LogP contribution < -0.4 is 15.0 Å². The number of rotatable bonds is 14. The van der Waals surface area contributed by atoms with E-state index in [4.69, 9.17) is 14.5 Å². The molecule has 0 spiro atoms. The number of nitrogens with zero attached hydrogens (tertiary/aromatic N) is 3. The van der Waals surface area contributed by atoms with Gasteiger partial charge in [-0.1, -0.05) is 38.1 Å². The lowest BCUT2D eigenvalue weighted by Gasteiger charge is -2.41. The SMILES string of the molecule is Cc1nc(NCCCN(C)C)c(-c2ccc(OCCc3ccc(F)cc3)cc2)c(N2CCC(C)(C)CC2)c1[C@H](OC(C)(C)C)C(=O)O. The average molecular weight is 649 g/mol. The summed E-state index contributed by atoms with van der Waals surface area (Å²) in [5.41, 5.74) is 4.41. The van der Waals surface area contributed by atoms with Crippen molar-refractivity contribution in [1.29, 1.82) is 0 Å². The van der Waals surface area contributed by atoms with Gasteiger partial charge in [-0.2, -0.15) is 0 Å². The molecule has 1 aromatic heterocycles. The van der Waals surface area contributed by atoms with Crippen LogP contribution in [0.2, 0.25) is 0 Å². The molecule has 2 heterocycles. The number of benzene rings is 2. The lowest BCUT2D eigenvalue weighted by molar-refractivity contribution is -0.160. The van der Waals surface area contributed by atoms with Gasteiger partial charge in [0.25, 0.3) is 0 Å². The van der Waals surface area contributed by atoms with Gasteiger partial charge in [-0.3, -0.25) is 0 Å².